The fourth-order valence-corrected chi connectivity index (χ4v) is 3.22. The van der Waals surface area contributed by atoms with Crippen molar-refractivity contribution < 1.29 is 27.8 Å². The molecular formula is C14H15F3N2O3. The fourth-order valence-electron chi connectivity index (χ4n) is 3.22. The van der Waals surface area contributed by atoms with Crippen molar-refractivity contribution in [3.8, 4) is 5.88 Å². The van der Waals surface area contributed by atoms with Crippen molar-refractivity contribution in [3.63, 3.8) is 0 Å². The molecule has 0 bridgehead atoms. The van der Waals surface area contributed by atoms with Gasteiger partial charge < -0.3 is 14.7 Å². The Hall–Kier alpha value is -1.99. The third kappa shape index (κ3) is 2.57. The minimum absolute atomic E-state index is 0.00991. The van der Waals surface area contributed by atoms with Crippen LogP contribution in [0.2, 0.25) is 0 Å². The van der Waals surface area contributed by atoms with Crippen molar-refractivity contribution in [2.45, 2.75) is 32.0 Å². The van der Waals surface area contributed by atoms with E-state index in [9.17, 15) is 18.0 Å². The summed E-state index contributed by atoms with van der Waals surface area (Å²) >= 11 is 0. The number of ether oxygens (including phenoxy) is 1. The highest BCUT2D eigenvalue weighted by Crippen LogP contribution is 2.49. The number of carboxylic acid groups (broad SMARTS) is 1. The van der Waals surface area contributed by atoms with Crippen molar-refractivity contribution in [1.29, 1.82) is 0 Å². The quantitative estimate of drug-likeness (QED) is 0.911. The maximum atomic E-state index is 12.6. The first-order valence-electron chi connectivity index (χ1n) is 6.88. The van der Waals surface area contributed by atoms with Gasteiger partial charge >= 0.3 is 12.3 Å². The van der Waals surface area contributed by atoms with Crippen molar-refractivity contribution >= 4 is 6.09 Å². The number of carbonyl (C=O) groups is 1. The Morgan fingerprint density at radius 1 is 1.41 bits per heavy atom. The van der Waals surface area contributed by atoms with Gasteiger partial charge in [0.25, 0.3) is 0 Å². The van der Waals surface area contributed by atoms with Crippen molar-refractivity contribution in [1.82, 2.24) is 9.88 Å². The Morgan fingerprint density at radius 3 is 2.55 bits per heavy atom. The van der Waals surface area contributed by atoms with Gasteiger partial charge in [-0.3, -0.25) is 0 Å². The summed E-state index contributed by atoms with van der Waals surface area (Å²) in [4.78, 5) is 15.9. The molecule has 0 radical (unpaired) electrons. The Morgan fingerprint density at radius 2 is 2.05 bits per heavy atom. The molecule has 5 nitrogen and oxygen atoms in total. The molecule has 8 heteroatoms. The third-order valence-corrected chi connectivity index (χ3v) is 4.30. The van der Waals surface area contributed by atoms with E-state index in [2.05, 4.69) is 4.98 Å². The van der Waals surface area contributed by atoms with E-state index in [1.54, 1.807) is 0 Å². The number of amides is 1. The number of nitrogens with zero attached hydrogens (tertiary/aromatic N) is 2. The average Bonchev–Trinajstić information content (AvgIpc) is 2.28. The van der Waals surface area contributed by atoms with Crippen LogP contribution >= 0.6 is 0 Å². The number of alkyl halides is 3. The number of hydrogen-bond donors (Lipinski definition) is 1. The molecular weight excluding hydrogens is 301 g/mol. The molecule has 0 unspecified atom stereocenters. The van der Waals surface area contributed by atoms with Crippen LogP contribution in [0.15, 0.2) is 12.1 Å². The minimum Gasteiger partial charge on any atom is -0.474 e. The lowest BCUT2D eigenvalue weighted by Gasteiger charge is -2.57. The molecule has 2 heterocycles. The molecule has 1 aliphatic heterocycles. The average molecular weight is 316 g/mol. The minimum atomic E-state index is -4.41. The third-order valence-electron chi connectivity index (χ3n) is 4.30. The van der Waals surface area contributed by atoms with Crippen molar-refractivity contribution in [2.24, 2.45) is 5.41 Å². The van der Waals surface area contributed by atoms with E-state index in [0.717, 1.165) is 6.07 Å². The molecule has 1 aromatic heterocycles. The number of aromatic nitrogens is 1. The van der Waals surface area contributed by atoms with Crippen molar-refractivity contribution in [3.05, 3.63) is 23.4 Å². The highest BCUT2D eigenvalue weighted by molar-refractivity contribution is 5.66. The van der Waals surface area contributed by atoms with Crippen LogP contribution in [0.4, 0.5) is 18.0 Å². The summed E-state index contributed by atoms with van der Waals surface area (Å²) in [5, 5.41) is 8.80. The first kappa shape index (κ1) is 14.9. The van der Waals surface area contributed by atoms with Crippen LogP contribution in [0, 0.1) is 12.3 Å². The molecule has 1 saturated carbocycles. The Labute approximate surface area is 124 Å². The van der Waals surface area contributed by atoms with Crippen LogP contribution in [-0.4, -0.2) is 40.3 Å². The fraction of sp³-hybridized carbons (Fsp3) is 0.571. The van der Waals surface area contributed by atoms with Gasteiger partial charge in [0.15, 0.2) is 0 Å². The SMILES string of the molecule is Cc1nc(OC2CC3(C2)CN(C(=O)O)C3)ccc1C(F)(F)F. The monoisotopic (exact) mass is 316 g/mol. The molecule has 3 rings (SSSR count). The largest absolute Gasteiger partial charge is 0.474 e. The Balaban J connectivity index is 1.56. The predicted molar refractivity (Wildman–Crippen MR) is 69.7 cm³/mol. The smallest absolute Gasteiger partial charge is 0.418 e. The molecule has 2 fully saturated rings. The van der Waals surface area contributed by atoms with Crippen LogP contribution in [-0.2, 0) is 6.18 Å². The van der Waals surface area contributed by atoms with Gasteiger partial charge in [-0.2, -0.15) is 13.2 Å². The molecule has 22 heavy (non-hydrogen) atoms. The maximum absolute atomic E-state index is 12.6. The van der Waals surface area contributed by atoms with Crippen LogP contribution in [0.1, 0.15) is 24.1 Å². The van der Waals surface area contributed by atoms with Gasteiger partial charge in [0.2, 0.25) is 5.88 Å². The number of pyridine rings is 1. The molecule has 1 aromatic rings. The zero-order chi connectivity index (χ0) is 16.1. The molecule has 1 N–H and O–H groups in total. The molecule has 0 atom stereocenters. The van der Waals surface area contributed by atoms with Gasteiger partial charge in [-0.25, -0.2) is 9.78 Å². The number of rotatable bonds is 2. The first-order chi connectivity index (χ1) is 10.2. The van der Waals surface area contributed by atoms with E-state index >= 15 is 0 Å². The van der Waals surface area contributed by atoms with E-state index in [-0.39, 0.29) is 23.1 Å². The lowest BCUT2D eigenvalue weighted by Crippen LogP contribution is -2.65. The van der Waals surface area contributed by atoms with Gasteiger partial charge in [-0.1, -0.05) is 0 Å². The van der Waals surface area contributed by atoms with Gasteiger partial charge in [0, 0.05) is 24.6 Å². The lowest BCUT2D eigenvalue weighted by atomic mass is 9.62. The van der Waals surface area contributed by atoms with E-state index in [0.29, 0.717) is 25.9 Å². The van der Waals surface area contributed by atoms with Crippen LogP contribution < -0.4 is 4.74 Å². The summed E-state index contributed by atoms with van der Waals surface area (Å²) in [6, 6.07) is 2.20. The molecule has 1 aliphatic carbocycles. The van der Waals surface area contributed by atoms with E-state index in [4.69, 9.17) is 9.84 Å². The van der Waals surface area contributed by atoms with E-state index in [1.165, 1.54) is 17.9 Å². The summed E-state index contributed by atoms with van der Waals surface area (Å²) in [6.07, 6.45) is -4.03. The number of likely N-dealkylation sites (tertiary alicyclic amines) is 1. The topological polar surface area (TPSA) is 62.7 Å². The first-order valence-corrected chi connectivity index (χ1v) is 6.88. The highest BCUT2D eigenvalue weighted by Gasteiger charge is 2.55. The second-order valence-corrected chi connectivity index (χ2v) is 6.07. The Kier molecular flexibility index (Phi) is 3.23. The second-order valence-electron chi connectivity index (χ2n) is 6.07. The number of halogens is 3. The molecule has 0 aromatic carbocycles. The lowest BCUT2D eigenvalue weighted by molar-refractivity contribution is -0.138. The van der Waals surface area contributed by atoms with Crippen LogP contribution in [0.5, 0.6) is 5.88 Å². The molecule has 2 aliphatic rings. The van der Waals surface area contributed by atoms with Gasteiger partial charge in [-0.15, -0.1) is 0 Å². The highest BCUT2D eigenvalue weighted by atomic mass is 19.4. The normalized spacial score (nSPS) is 20.5. The standard InChI is InChI=1S/C14H15F3N2O3/c1-8-10(14(15,16)17)2-3-11(18-8)22-9-4-13(5-9)6-19(7-13)12(20)21/h2-3,9H,4-7H2,1H3,(H,20,21). The molecule has 1 saturated heterocycles. The molecule has 120 valence electrons. The summed E-state index contributed by atoms with van der Waals surface area (Å²) in [5.74, 6) is 0.180. The van der Waals surface area contributed by atoms with Crippen LogP contribution in [0.3, 0.4) is 0 Å². The van der Waals surface area contributed by atoms with Gasteiger partial charge in [0.05, 0.1) is 11.3 Å². The summed E-state index contributed by atoms with van der Waals surface area (Å²) < 4.78 is 43.5. The summed E-state index contributed by atoms with van der Waals surface area (Å²) in [6.45, 7) is 2.30. The van der Waals surface area contributed by atoms with Crippen LogP contribution in [0.25, 0.3) is 0 Å². The van der Waals surface area contributed by atoms with Crippen molar-refractivity contribution in [2.75, 3.05) is 13.1 Å². The summed E-state index contributed by atoms with van der Waals surface area (Å²) in [7, 11) is 0. The molecule has 1 spiro atoms. The number of hydrogen-bond acceptors (Lipinski definition) is 3. The second kappa shape index (κ2) is 4.76. The zero-order valence-corrected chi connectivity index (χ0v) is 11.9. The van der Waals surface area contributed by atoms with Gasteiger partial charge in [0.1, 0.15) is 6.10 Å². The van der Waals surface area contributed by atoms with E-state index in [1.807, 2.05) is 0 Å². The Bertz CT molecular complexity index is 604. The van der Waals surface area contributed by atoms with E-state index < -0.39 is 17.8 Å². The van der Waals surface area contributed by atoms with Gasteiger partial charge in [-0.05, 0) is 25.8 Å². The predicted octanol–water partition coefficient (Wildman–Crippen LogP) is 2.93. The zero-order valence-electron chi connectivity index (χ0n) is 11.9. The number of aryl methyl sites for hydroxylation is 1. The molecule has 1 amide bonds. The summed E-state index contributed by atoms with van der Waals surface area (Å²) in [5.41, 5.74) is -0.884. The maximum Gasteiger partial charge on any atom is 0.418 e.